The number of nitrogens with zero attached hydrogens (tertiary/aromatic N) is 1. The quantitative estimate of drug-likeness (QED) is 0.143. The molecule has 0 unspecified atom stereocenters. The molecule has 0 aromatic carbocycles. The summed E-state index contributed by atoms with van der Waals surface area (Å²) in [5.74, 6) is -0.369. The second-order valence-corrected chi connectivity index (χ2v) is 8.49. The van der Waals surface area contributed by atoms with Gasteiger partial charge in [0.1, 0.15) is 6.54 Å². The number of rotatable bonds is 21. The lowest BCUT2D eigenvalue weighted by Gasteiger charge is -2.15. The zero-order valence-corrected chi connectivity index (χ0v) is 20.2. The van der Waals surface area contributed by atoms with Crippen molar-refractivity contribution in [1.82, 2.24) is 4.90 Å². The summed E-state index contributed by atoms with van der Waals surface area (Å²) in [6.45, 7) is 4.96. The Morgan fingerprint density at radius 1 is 0.567 bits per heavy atom. The van der Waals surface area contributed by atoms with E-state index in [0.717, 1.165) is 19.3 Å². The number of amides is 1. The summed E-state index contributed by atoms with van der Waals surface area (Å²) < 4.78 is 10.2. The zero-order chi connectivity index (χ0) is 22.3. The lowest BCUT2D eigenvalue weighted by Crippen LogP contribution is -2.33. The summed E-state index contributed by atoms with van der Waals surface area (Å²) >= 11 is 0. The first-order valence-corrected chi connectivity index (χ1v) is 12.6. The van der Waals surface area contributed by atoms with E-state index in [2.05, 4.69) is 6.92 Å². The van der Waals surface area contributed by atoms with Gasteiger partial charge in [-0.15, -0.1) is 0 Å². The van der Waals surface area contributed by atoms with Crippen LogP contribution in [0.5, 0.6) is 0 Å². The van der Waals surface area contributed by atoms with Gasteiger partial charge in [0.15, 0.2) is 0 Å². The van der Waals surface area contributed by atoms with E-state index in [1.807, 2.05) is 6.92 Å². The van der Waals surface area contributed by atoms with Crippen LogP contribution in [0.4, 0.5) is 4.79 Å². The van der Waals surface area contributed by atoms with Crippen molar-refractivity contribution in [3.63, 3.8) is 0 Å². The largest absolute Gasteiger partial charge is 0.464 e. The average molecular weight is 428 g/mol. The summed E-state index contributed by atoms with van der Waals surface area (Å²) in [4.78, 5) is 24.5. The molecule has 0 N–H and O–H groups in total. The third-order valence-corrected chi connectivity index (χ3v) is 5.37. The number of hydrogen-bond acceptors (Lipinski definition) is 4. The first-order chi connectivity index (χ1) is 14.6. The molecule has 1 amide bonds. The van der Waals surface area contributed by atoms with Gasteiger partial charge in [-0.2, -0.15) is 0 Å². The molecule has 0 heterocycles. The van der Waals surface area contributed by atoms with E-state index in [1.54, 1.807) is 7.05 Å². The van der Waals surface area contributed by atoms with Gasteiger partial charge in [0.25, 0.3) is 0 Å². The predicted molar refractivity (Wildman–Crippen MR) is 125 cm³/mol. The first kappa shape index (κ1) is 28.7. The highest BCUT2D eigenvalue weighted by Gasteiger charge is 2.14. The van der Waals surface area contributed by atoms with E-state index in [4.69, 9.17) is 9.47 Å². The average Bonchev–Trinajstić information content (AvgIpc) is 2.74. The van der Waals surface area contributed by atoms with E-state index in [-0.39, 0.29) is 12.5 Å². The lowest BCUT2D eigenvalue weighted by atomic mass is 10.0. The Morgan fingerprint density at radius 2 is 1.00 bits per heavy atom. The van der Waals surface area contributed by atoms with Crippen LogP contribution in [0, 0.1) is 0 Å². The van der Waals surface area contributed by atoms with Crippen molar-refractivity contribution in [2.45, 2.75) is 123 Å². The molecule has 0 radical (unpaired) electrons. The van der Waals surface area contributed by atoms with Crippen LogP contribution in [-0.2, 0) is 14.3 Å². The monoisotopic (exact) mass is 427 g/mol. The molecule has 0 spiro atoms. The number of esters is 1. The van der Waals surface area contributed by atoms with E-state index in [0.29, 0.717) is 13.2 Å². The summed E-state index contributed by atoms with van der Waals surface area (Å²) in [5, 5.41) is 0. The maximum Gasteiger partial charge on any atom is 0.410 e. The number of likely N-dealkylation sites (N-methyl/N-ethyl adjacent to an activating group) is 1. The van der Waals surface area contributed by atoms with Gasteiger partial charge in [-0.25, -0.2) is 4.79 Å². The van der Waals surface area contributed by atoms with Crippen molar-refractivity contribution >= 4 is 12.1 Å². The Morgan fingerprint density at radius 3 is 1.43 bits per heavy atom. The maximum absolute atomic E-state index is 11.7. The van der Waals surface area contributed by atoms with Crippen LogP contribution in [0.3, 0.4) is 0 Å². The fourth-order valence-electron chi connectivity index (χ4n) is 3.44. The molecule has 0 saturated heterocycles. The molecule has 0 aliphatic rings. The molecular weight excluding hydrogens is 378 g/mol. The van der Waals surface area contributed by atoms with Gasteiger partial charge in [-0.1, -0.05) is 110 Å². The predicted octanol–water partition coefficient (Wildman–Crippen LogP) is 7.27. The molecule has 0 aromatic rings. The highest BCUT2D eigenvalue weighted by Crippen LogP contribution is 2.13. The highest BCUT2D eigenvalue weighted by molar-refractivity contribution is 5.77. The van der Waals surface area contributed by atoms with Crippen LogP contribution in [-0.4, -0.2) is 43.8 Å². The number of carbonyl (C=O) groups excluding carboxylic acids is 2. The molecule has 0 saturated carbocycles. The van der Waals surface area contributed by atoms with Crippen LogP contribution >= 0.6 is 0 Å². The van der Waals surface area contributed by atoms with Gasteiger partial charge in [0.05, 0.1) is 13.2 Å². The third kappa shape index (κ3) is 20.0. The van der Waals surface area contributed by atoms with Gasteiger partial charge < -0.3 is 14.4 Å². The zero-order valence-electron chi connectivity index (χ0n) is 20.2. The topological polar surface area (TPSA) is 55.8 Å². The van der Waals surface area contributed by atoms with E-state index in [9.17, 15) is 9.59 Å². The molecule has 0 aromatic heterocycles. The van der Waals surface area contributed by atoms with Gasteiger partial charge in [-0.3, -0.25) is 4.79 Å². The second kappa shape index (κ2) is 22.4. The van der Waals surface area contributed by atoms with Crippen LogP contribution in [0.25, 0.3) is 0 Å². The standard InChI is InChI=1S/C25H49NO4/c1-4-6-7-8-9-10-11-12-13-14-15-16-17-18-19-20-22-29-24(27)23-26(3)25(28)30-21-5-2/h4-23H2,1-3H3. The molecule has 0 atom stereocenters. The molecule has 5 heteroatoms. The minimum atomic E-state index is -0.476. The van der Waals surface area contributed by atoms with Crippen LogP contribution in [0.2, 0.25) is 0 Å². The maximum atomic E-state index is 11.7. The minimum Gasteiger partial charge on any atom is -0.464 e. The molecular formula is C25H49NO4. The SMILES string of the molecule is CCCCCCCCCCCCCCCCCCOC(=O)CN(C)C(=O)OCCC. The van der Waals surface area contributed by atoms with Crippen molar-refractivity contribution < 1.29 is 19.1 Å². The van der Waals surface area contributed by atoms with Gasteiger partial charge in [0.2, 0.25) is 0 Å². The van der Waals surface area contributed by atoms with Crippen molar-refractivity contribution in [2.75, 3.05) is 26.8 Å². The second-order valence-electron chi connectivity index (χ2n) is 8.49. The number of unbranched alkanes of at least 4 members (excludes halogenated alkanes) is 15. The molecule has 30 heavy (non-hydrogen) atoms. The first-order valence-electron chi connectivity index (χ1n) is 12.6. The van der Waals surface area contributed by atoms with Gasteiger partial charge in [0, 0.05) is 7.05 Å². The van der Waals surface area contributed by atoms with Gasteiger partial charge >= 0.3 is 12.1 Å². The molecule has 0 rings (SSSR count). The Kier molecular flexibility index (Phi) is 21.5. The van der Waals surface area contributed by atoms with Crippen molar-refractivity contribution in [3.8, 4) is 0 Å². The van der Waals surface area contributed by atoms with E-state index < -0.39 is 6.09 Å². The third-order valence-electron chi connectivity index (χ3n) is 5.37. The Labute approximate surface area is 186 Å². The summed E-state index contributed by atoms with van der Waals surface area (Å²) in [7, 11) is 1.55. The normalized spacial score (nSPS) is 10.8. The fraction of sp³-hybridized carbons (Fsp3) is 0.920. The molecule has 5 nitrogen and oxygen atoms in total. The van der Waals surface area contributed by atoms with Crippen molar-refractivity contribution in [2.24, 2.45) is 0 Å². The molecule has 178 valence electrons. The molecule has 0 aliphatic carbocycles. The minimum absolute atomic E-state index is 0.0542. The van der Waals surface area contributed by atoms with Gasteiger partial charge in [-0.05, 0) is 12.8 Å². The van der Waals surface area contributed by atoms with Crippen LogP contribution < -0.4 is 0 Å². The fourth-order valence-corrected chi connectivity index (χ4v) is 3.44. The van der Waals surface area contributed by atoms with Crippen LogP contribution in [0.1, 0.15) is 123 Å². The Hall–Kier alpha value is -1.26. The summed E-state index contributed by atoms with van der Waals surface area (Å²) in [6, 6.07) is 0. The molecule has 0 fully saturated rings. The highest BCUT2D eigenvalue weighted by atomic mass is 16.6. The molecule has 0 aliphatic heterocycles. The number of carbonyl (C=O) groups is 2. The molecule has 0 bridgehead atoms. The summed E-state index contributed by atoms with van der Waals surface area (Å²) in [6.07, 6.45) is 21.5. The number of ether oxygens (including phenoxy) is 2. The smallest absolute Gasteiger partial charge is 0.410 e. The number of hydrogen-bond donors (Lipinski definition) is 0. The lowest BCUT2D eigenvalue weighted by molar-refractivity contribution is -0.144. The Balaban J connectivity index is 3.29. The van der Waals surface area contributed by atoms with Crippen molar-refractivity contribution in [3.05, 3.63) is 0 Å². The van der Waals surface area contributed by atoms with Crippen molar-refractivity contribution in [1.29, 1.82) is 0 Å². The van der Waals surface area contributed by atoms with E-state index in [1.165, 1.54) is 94.8 Å². The summed E-state index contributed by atoms with van der Waals surface area (Å²) in [5.41, 5.74) is 0. The van der Waals surface area contributed by atoms with Crippen LogP contribution in [0.15, 0.2) is 0 Å². The Bertz CT molecular complexity index is 401. The van der Waals surface area contributed by atoms with E-state index >= 15 is 0 Å².